The first kappa shape index (κ1) is 24.8. The van der Waals surface area contributed by atoms with Crippen LogP contribution in [0.15, 0.2) is 41.9 Å². The average Bonchev–Trinajstić information content (AvgIpc) is 3.37. The van der Waals surface area contributed by atoms with E-state index in [1.165, 1.54) is 5.56 Å². The van der Waals surface area contributed by atoms with E-state index in [1.54, 1.807) is 11.3 Å². The van der Waals surface area contributed by atoms with Gasteiger partial charge in [-0.1, -0.05) is 30.3 Å². The number of aliphatic hydroxyl groups is 1. The Bertz CT molecular complexity index is 920. The Morgan fingerprint density at radius 2 is 1.94 bits per heavy atom. The highest BCUT2D eigenvalue weighted by molar-refractivity contribution is 7.09. The number of aliphatic hydroxyl groups excluding tert-OH is 1. The van der Waals surface area contributed by atoms with Crippen molar-refractivity contribution in [2.75, 3.05) is 32.8 Å². The smallest absolute Gasteiger partial charge is 0.225 e. The number of aromatic nitrogens is 1. The molecule has 3 saturated heterocycles. The molecule has 8 heteroatoms. The largest absolute Gasteiger partial charge is 0.389 e. The van der Waals surface area contributed by atoms with Gasteiger partial charge in [0.2, 0.25) is 5.91 Å². The Hall–Kier alpha value is -1.84. The van der Waals surface area contributed by atoms with E-state index in [2.05, 4.69) is 40.2 Å². The maximum Gasteiger partial charge on any atom is 0.225 e. The van der Waals surface area contributed by atoms with E-state index in [0.717, 1.165) is 50.2 Å². The van der Waals surface area contributed by atoms with Crippen molar-refractivity contribution in [1.29, 1.82) is 0 Å². The monoisotopic (exact) mass is 499 g/mol. The fourth-order valence-corrected chi connectivity index (χ4v) is 6.43. The molecule has 0 unspecified atom stereocenters. The highest BCUT2D eigenvalue weighted by Crippen LogP contribution is 2.30. The van der Waals surface area contributed by atoms with Gasteiger partial charge in [-0.15, -0.1) is 11.3 Å². The Labute approximate surface area is 212 Å². The molecule has 0 saturated carbocycles. The van der Waals surface area contributed by atoms with Gasteiger partial charge in [-0.3, -0.25) is 9.69 Å². The highest BCUT2D eigenvalue weighted by Gasteiger charge is 2.38. The molecule has 2 aromatic rings. The van der Waals surface area contributed by atoms with Crippen LogP contribution in [0.5, 0.6) is 0 Å². The van der Waals surface area contributed by atoms with Crippen LogP contribution >= 0.6 is 11.3 Å². The summed E-state index contributed by atoms with van der Waals surface area (Å²) in [5.74, 6) is 0.868. The van der Waals surface area contributed by atoms with Crippen LogP contribution in [-0.4, -0.2) is 83.0 Å². The third kappa shape index (κ3) is 6.68. The molecule has 7 nitrogen and oxygen atoms in total. The molecule has 0 radical (unpaired) electrons. The van der Waals surface area contributed by atoms with Gasteiger partial charge in [0.15, 0.2) is 0 Å². The number of amides is 1. The molecule has 3 fully saturated rings. The van der Waals surface area contributed by atoms with Gasteiger partial charge < -0.3 is 19.5 Å². The summed E-state index contributed by atoms with van der Waals surface area (Å²) in [7, 11) is 0. The zero-order valence-corrected chi connectivity index (χ0v) is 21.2. The number of benzene rings is 1. The molecule has 35 heavy (non-hydrogen) atoms. The summed E-state index contributed by atoms with van der Waals surface area (Å²) in [6.45, 7) is 3.70. The summed E-state index contributed by atoms with van der Waals surface area (Å²) < 4.78 is 12.2. The number of β-amino-alcohol motifs (C(OH)–C–C–N with tert-alkyl or cyclic N) is 1. The quantitative estimate of drug-likeness (QED) is 0.658. The van der Waals surface area contributed by atoms with Gasteiger partial charge in [-0.25, -0.2) is 4.98 Å². The molecule has 3 aliphatic rings. The molecule has 0 spiro atoms. The third-order valence-corrected chi connectivity index (χ3v) is 8.41. The molecule has 5 rings (SSSR count). The lowest BCUT2D eigenvalue weighted by Gasteiger charge is -2.44. The molecule has 1 N–H and O–H groups in total. The van der Waals surface area contributed by atoms with Crippen LogP contribution < -0.4 is 0 Å². The predicted molar refractivity (Wildman–Crippen MR) is 135 cm³/mol. The number of carbonyl (C=O) groups is 1. The van der Waals surface area contributed by atoms with Crippen LogP contribution in [0.4, 0.5) is 0 Å². The Morgan fingerprint density at radius 1 is 1.11 bits per heavy atom. The number of hydrogen-bond donors (Lipinski definition) is 1. The van der Waals surface area contributed by atoms with Crippen molar-refractivity contribution in [3.8, 4) is 0 Å². The van der Waals surface area contributed by atoms with E-state index in [-0.39, 0.29) is 24.2 Å². The van der Waals surface area contributed by atoms with Crippen LogP contribution in [0.25, 0.3) is 0 Å². The summed E-state index contributed by atoms with van der Waals surface area (Å²) in [6.07, 6.45) is 6.62. The molecule has 1 aromatic heterocycles. The highest BCUT2D eigenvalue weighted by atomic mass is 32.1. The minimum atomic E-state index is -0.514. The number of piperidine rings is 1. The lowest BCUT2D eigenvalue weighted by Crippen LogP contribution is -2.55. The fourth-order valence-electron chi connectivity index (χ4n) is 5.79. The summed E-state index contributed by atoms with van der Waals surface area (Å²) in [4.78, 5) is 21.9. The topological polar surface area (TPSA) is 75.1 Å². The van der Waals surface area contributed by atoms with E-state index >= 15 is 0 Å². The summed E-state index contributed by atoms with van der Waals surface area (Å²) in [6, 6.07) is 10.8. The first-order chi connectivity index (χ1) is 17.1. The molecular weight excluding hydrogens is 462 g/mol. The van der Waals surface area contributed by atoms with E-state index in [4.69, 9.17) is 9.47 Å². The summed E-state index contributed by atoms with van der Waals surface area (Å²) in [5.41, 5.74) is 1.39. The van der Waals surface area contributed by atoms with Crippen molar-refractivity contribution in [3.05, 3.63) is 52.5 Å². The van der Waals surface area contributed by atoms with Crippen LogP contribution in [0, 0.1) is 5.92 Å². The van der Waals surface area contributed by atoms with Crippen LogP contribution in [-0.2, 0) is 27.2 Å². The molecule has 190 valence electrons. The number of hydrogen-bond acceptors (Lipinski definition) is 7. The van der Waals surface area contributed by atoms with Gasteiger partial charge in [0.25, 0.3) is 0 Å². The van der Waals surface area contributed by atoms with E-state index in [9.17, 15) is 9.90 Å². The van der Waals surface area contributed by atoms with Gasteiger partial charge in [0, 0.05) is 37.3 Å². The van der Waals surface area contributed by atoms with Crippen molar-refractivity contribution in [2.45, 2.75) is 69.4 Å². The minimum Gasteiger partial charge on any atom is -0.389 e. The normalized spacial score (nSPS) is 28.8. The summed E-state index contributed by atoms with van der Waals surface area (Å²) >= 11 is 1.64. The molecule has 1 amide bonds. The molecule has 1 aromatic carbocycles. The third-order valence-electron chi connectivity index (χ3n) is 7.65. The number of carbonyl (C=O) groups excluding carboxylic acids is 1. The van der Waals surface area contributed by atoms with Crippen LogP contribution in [0.1, 0.15) is 42.7 Å². The van der Waals surface area contributed by atoms with E-state index in [0.29, 0.717) is 38.6 Å². The number of fused-ring (bicyclic) bond motifs is 1. The molecule has 4 heterocycles. The van der Waals surface area contributed by atoms with Crippen molar-refractivity contribution in [3.63, 3.8) is 0 Å². The van der Waals surface area contributed by atoms with Crippen molar-refractivity contribution in [2.24, 2.45) is 5.92 Å². The number of thiazole rings is 1. The van der Waals surface area contributed by atoms with Crippen molar-refractivity contribution < 1.29 is 19.4 Å². The van der Waals surface area contributed by atoms with Gasteiger partial charge >= 0.3 is 0 Å². The maximum absolute atomic E-state index is 13.1. The zero-order valence-electron chi connectivity index (χ0n) is 20.3. The number of likely N-dealkylation sites (tertiary alicyclic amines) is 1. The fraction of sp³-hybridized carbons (Fsp3) is 0.630. The average molecular weight is 500 g/mol. The maximum atomic E-state index is 13.1. The van der Waals surface area contributed by atoms with Crippen LogP contribution in [0.2, 0.25) is 0 Å². The zero-order chi connectivity index (χ0) is 24.0. The Kier molecular flexibility index (Phi) is 8.47. The number of nitrogens with zero attached hydrogens (tertiary/aromatic N) is 3. The lowest BCUT2D eigenvalue weighted by atomic mass is 9.89. The number of ether oxygens (including phenoxy) is 2. The SMILES string of the molecule is O=C(C[C@H]1CC[C@@H]2[C@H](COC[C@@H](O)CN2Cc2nccs2)O1)N1CCC(Cc2ccccc2)CC1. The molecular formula is C27H37N3O4S. The Morgan fingerprint density at radius 3 is 2.71 bits per heavy atom. The Balaban J connectivity index is 1.12. The first-order valence-electron chi connectivity index (χ1n) is 13.0. The second-order valence-corrected chi connectivity index (χ2v) is 11.2. The van der Waals surface area contributed by atoms with Crippen molar-refractivity contribution in [1.82, 2.24) is 14.8 Å². The number of rotatable bonds is 6. The minimum absolute atomic E-state index is 0.0690. The van der Waals surface area contributed by atoms with Gasteiger partial charge in [-0.2, -0.15) is 0 Å². The molecule has 3 aliphatic heterocycles. The second-order valence-electron chi connectivity index (χ2n) is 10.2. The summed E-state index contributed by atoms with van der Waals surface area (Å²) in [5, 5.41) is 13.4. The second kappa shape index (κ2) is 11.9. The van der Waals surface area contributed by atoms with Gasteiger partial charge in [0.05, 0.1) is 44.5 Å². The first-order valence-corrected chi connectivity index (χ1v) is 13.9. The van der Waals surface area contributed by atoms with Crippen LogP contribution in [0.3, 0.4) is 0 Å². The standard InChI is InChI=1S/C27H37N3O4S/c31-22-16-30(17-26-28-10-13-35-26)24-7-6-23(34-25(24)19-33-18-22)15-27(32)29-11-8-21(9-12-29)14-20-4-2-1-3-5-20/h1-5,10,13,21-25,31H,6-9,11-12,14-19H2/t22-,23+,24+,25-/m0/s1. The van der Waals surface area contributed by atoms with Crippen molar-refractivity contribution >= 4 is 17.2 Å². The predicted octanol–water partition coefficient (Wildman–Crippen LogP) is 3.12. The van der Waals surface area contributed by atoms with E-state index in [1.807, 2.05) is 16.5 Å². The van der Waals surface area contributed by atoms with E-state index < -0.39 is 6.10 Å². The molecule has 4 atom stereocenters. The van der Waals surface area contributed by atoms with Gasteiger partial charge in [0.1, 0.15) is 5.01 Å². The molecule has 0 bridgehead atoms. The lowest BCUT2D eigenvalue weighted by molar-refractivity contribution is -0.161. The molecule has 0 aliphatic carbocycles. The van der Waals surface area contributed by atoms with Gasteiger partial charge in [-0.05, 0) is 43.6 Å².